The summed E-state index contributed by atoms with van der Waals surface area (Å²) in [5, 5.41) is 3.61. The van der Waals surface area contributed by atoms with E-state index in [9.17, 15) is 4.79 Å². The van der Waals surface area contributed by atoms with E-state index in [2.05, 4.69) is 17.4 Å². The Morgan fingerprint density at radius 1 is 0.923 bits per heavy atom. The fourth-order valence-electron chi connectivity index (χ4n) is 2.44. The summed E-state index contributed by atoms with van der Waals surface area (Å²) in [6, 6.07) is 22.2. The standard InChI is InChI=1S/C21H17Cl2NO2/c22-16-6-11-19(20(23)14-16)21(25)24-17-7-9-18(10-8-17)26-13-12-15-4-2-1-3-5-15/h1-11,14H,12-13H2,(H,24,25). The van der Waals surface area contributed by atoms with Crippen molar-refractivity contribution in [1.29, 1.82) is 0 Å². The molecule has 0 aromatic heterocycles. The van der Waals surface area contributed by atoms with Gasteiger partial charge in [0, 0.05) is 17.1 Å². The minimum atomic E-state index is -0.288. The van der Waals surface area contributed by atoms with E-state index in [1.165, 1.54) is 5.56 Å². The number of amides is 1. The molecule has 132 valence electrons. The molecule has 1 amide bonds. The number of hydrogen-bond donors (Lipinski definition) is 1. The molecule has 3 nitrogen and oxygen atoms in total. The van der Waals surface area contributed by atoms with E-state index < -0.39 is 0 Å². The lowest BCUT2D eigenvalue weighted by molar-refractivity contribution is 0.102. The Morgan fingerprint density at radius 2 is 1.65 bits per heavy atom. The first-order valence-electron chi connectivity index (χ1n) is 8.15. The topological polar surface area (TPSA) is 38.3 Å². The van der Waals surface area contributed by atoms with Gasteiger partial charge in [-0.2, -0.15) is 0 Å². The maximum absolute atomic E-state index is 12.3. The quantitative estimate of drug-likeness (QED) is 0.576. The van der Waals surface area contributed by atoms with Gasteiger partial charge in [-0.1, -0.05) is 53.5 Å². The number of ether oxygens (including phenoxy) is 1. The van der Waals surface area contributed by atoms with Gasteiger partial charge < -0.3 is 10.1 Å². The van der Waals surface area contributed by atoms with Crippen molar-refractivity contribution < 1.29 is 9.53 Å². The molecule has 3 aromatic rings. The summed E-state index contributed by atoms with van der Waals surface area (Å²) in [5.74, 6) is 0.466. The highest BCUT2D eigenvalue weighted by Gasteiger charge is 2.11. The molecule has 0 aliphatic carbocycles. The maximum Gasteiger partial charge on any atom is 0.257 e. The fraction of sp³-hybridized carbons (Fsp3) is 0.0952. The summed E-state index contributed by atoms with van der Waals surface area (Å²) in [6.45, 7) is 0.593. The summed E-state index contributed by atoms with van der Waals surface area (Å²) in [6.07, 6.45) is 0.842. The minimum Gasteiger partial charge on any atom is -0.493 e. The molecule has 0 atom stereocenters. The van der Waals surface area contributed by atoms with Gasteiger partial charge in [-0.05, 0) is 48.0 Å². The summed E-state index contributed by atoms with van der Waals surface area (Å²) < 4.78 is 5.74. The third kappa shape index (κ3) is 5.01. The van der Waals surface area contributed by atoms with E-state index >= 15 is 0 Å². The van der Waals surface area contributed by atoms with Crippen LogP contribution in [0.1, 0.15) is 15.9 Å². The third-order valence-corrected chi connectivity index (χ3v) is 4.34. The molecule has 5 heteroatoms. The molecule has 0 heterocycles. The zero-order valence-electron chi connectivity index (χ0n) is 13.9. The molecule has 3 rings (SSSR count). The van der Waals surface area contributed by atoms with Crippen molar-refractivity contribution in [3.63, 3.8) is 0 Å². The smallest absolute Gasteiger partial charge is 0.257 e. The Kier molecular flexibility index (Phi) is 6.16. The molecule has 26 heavy (non-hydrogen) atoms. The van der Waals surface area contributed by atoms with Gasteiger partial charge in [0.15, 0.2) is 0 Å². The van der Waals surface area contributed by atoms with Crippen molar-refractivity contribution in [1.82, 2.24) is 0 Å². The first-order chi connectivity index (χ1) is 12.6. The number of nitrogens with one attached hydrogen (secondary N) is 1. The number of carbonyl (C=O) groups is 1. The summed E-state index contributed by atoms with van der Waals surface area (Å²) >= 11 is 11.9. The molecule has 0 aliphatic heterocycles. The van der Waals surface area contributed by atoms with Gasteiger partial charge in [0.25, 0.3) is 5.91 Å². The first-order valence-corrected chi connectivity index (χ1v) is 8.90. The lowest BCUT2D eigenvalue weighted by Gasteiger charge is -2.09. The molecule has 0 saturated heterocycles. The van der Waals surface area contributed by atoms with Crippen LogP contribution in [0.2, 0.25) is 10.0 Å². The molecule has 0 bridgehead atoms. The van der Waals surface area contributed by atoms with E-state index in [0.29, 0.717) is 27.9 Å². The van der Waals surface area contributed by atoms with Crippen LogP contribution in [0.15, 0.2) is 72.8 Å². The van der Waals surface area contributed by atoms with Crippen molar-refractivity contribution in [2.45, 2.75) is 6.42 Å². The number of halogens is 2. The van der Waals surface area contributed by atoms with Gasteiger partial charge in [0.2, 0.25) is 0 Å². The largest absolute Gasteiger partial charge is 0.493 e. The van der Waals surface area contributed by atoms with Crippen LogP contribution < -0.4 is 10.1 Å². The molecule has 0 spiro atoms. The summed E-state index contributed by atoms with van der Waals surface area (Å²) in [4.78, 5) is 12.3. The number of rotatable bonds is 6. The normalized spacial score (nSPS) is 10.4. The van der Waals surface area contributed by atoms with Crippen LogP contribution in [0, 0.1) is 0 Å². The van der Waals surface area contributed by atoms with Crippen LogP contribution in [-0.4, -0.2) is 12.5 Å². The predicted octanol–water partition coefficient (Wildman–Crippen LogP) is 5.87. The Bertz CT molecular complexity index is 880. The second kappa shape index (κ2) is 8.75. The highest BCUT2D eigenvalue weighted by Crippen LogP contribution is 2.23. The van der Waals surface area contributed by atoms with E-state index in [-0.39, 0.29) is 5.91 Å². The Hall–Kier alpha value is -2.49. The van der Waals surface area contributed by atoms with Crippen LogP contribution in [0.3, 0.4) is 0 Å². The zero-order valence-corrected chi connectivity index (χ0v) is 15.4. The fourth-order valence-corrected chi connectivity index (χ4v) is 2.93. The molecular weight excluding hydrogens is 369 g/mol. The van der Waals surface area contributed by atoms with Gasteiger partial charge in [-0.25, -0.2) is 0 Å². The van der Waals surface area contributed by atoms with E-state index in [0.717, 1.165) is 12.2 Å². The second-order valence-corrected chi connectivity index (χ2v) is 6.53. The number of hydrogen-bond acceptors (Lipinski definition) is 2. The predicted molar refractivity (Wildman–Crippen MR) is 106 cm³/mol. The first kappa shape index (κ1) is 18.3. The lowest BCUT2D eigenvalue weighted by Crippen LogP contribution is -2.12. The number of carbonyl (C=O) groups excluding carboxylic acids is 1. The highest BCUT2D eigenvalue weighted by atomic mass is 35.5. The van der Waals surface area contributed by atoms with Crippen LogP contribution in [-0.2, 0) is 6.42 Å². The van der Waals surface area contributed by atoms with Crippen molar-refractivity contribution in [3.8, 4) is 5.75 Å². The van der Waals surface area contributed by atoms with Crippen LogP contribution in [0.25, 0.3) is 0 Å². The van der Waals surface area contributed by atoms with E-state index in [1.807, 2.05) is 30.3 Å². The van der Waals surface area contributed by atoms with E-state index in [4.69, 9.17) is 27.9 Å². The monoisotopic (exact) mass is 385 g/mol. The van der Waals surface area contributed by atoms with Crippen LogP contribution in [0.5, 0.6) is 5.75 Å². The Labute approximate surface area is 162 Å². The van der Waals surface area contributed by atoms with Crippen molar-refractivity contribution >= 4 is 34.8 Å². The lowest BCUT2D eigenvalue weighted by atomic mass is 10.2. The summed E-state index contributed by atoms with van der Waals surface area (Å²) in [5.41, 5.74) is 2.27. The third-order valence-electron chi connectivity index (χ3n) is 3.79. The zero-order chi connectivity index (χ0) is 18.4. The number of anilines is 1. The van der Waals surface area contributed by atoms with Gasteiger partial charge in [0.1, 0.15) is 5.75 Å². The average molecular weight is 386 g/mol. The average Bonchev–Trinajstić information content (AvgIpc) is 2.64. The molecular formula is C21H17Cl2NO2. The molecule has 0 aliphatic rings. The minimum absolute atomic E-state index is 0.288. The molecule has 1 N–H and O–H groups in total. The van der Waals surface area contributed by atoms with Gasteiger partial charge >= 0.3 is 0 Å². The van der Waals surface area contributed by atoms with Gasteiger partial charge in [-0.15, -0.1) is 0 Å². The highest BCUT2D eigenvalue weighted by molar-refractivity contribution is 6.37. The van der Waals surface area contributed by atoms with Gasteiger partial charge in [-0.3, -0.25) is 4.79 Å². The molecule has 0 unspecified atom stereocenters. The van der Waals surface area contributed by atoms with E-state index in [1.54, 1.807) is 30.3 Å². The van der Waals surface area contributed by atoms with Crippen LogP contribution in [0.4, 0.5) is 5.69 Å². The van der Waals surface area contributed by atoms with Crippen molar-refractivity contribution in [2.75, 3.05) is 11.9 Å². The number of benzene rings is 3. The van der Waals surface area contributed by atoms with Crippen molar-refractivity contribution in [3.05, 3.63) is 94.0 Å². The Balaban J connectivity index is 1.54. The van der Waals surface area contributed by atoms with Crippen LogP contribution >= 0.6 is 23.2 Å². The van der Waals surface area contributed by atoms with Crippen molar-refractivity contribution in [2.24, 2.45) is 0 Å². The SMILES string of the molecule is O=C(Nc1ccc(OCCc2ccccc2)cc1)c1ccc(Cl)cc1Cl. The van der Waals surface area contributed by atoms with Gasteiger partial charge in [0.05, 0.1) is 17.2 Å². The second-order valence-electron chi connectivity index (χ2n) is 5.69. The Morgan fingerprint density at radius 3 is 2.35 bits per heavy atom. The molecule has 3 aromatic carbocycles. The molecule has 0 radical (unpaired) electrons. The maximum atomic E-state index is 12.3. The molecule has 0 fully saturated rings. The summed E-state index contributed by atoms with van der Waals surface area (Å²) in [7, 11) is 0. The molecule has 0 saturated carbocycles.